The maximum Gasteiger partial charge on any atom is 0.319 e. The van der Waals surface area contributed by atoms with Crippen molar-refractivity contribution in [2.24, 2.45) is 5.73 Å². The minimum atomic E-state index is -3.05. The minimum Gasteiger partial charge on any atom is -0.351 e. The molecule has 0 atom stereocenters. The largest absolute Gasteiger partial charge is 0.351 e. The second kappa shape index (κ2) is 12.4. The normalized spacial score (nSPS) is 10.8. The van der Waals surface area contributed by atoms with Gasteiger partial charge in [0, 0.05) is 11.9 Å². The molecule has 0 heterocycles. The number of halogens is 2. The molecule has 0 aliphatic rings. The maximum absolute atomic E-state index is 13.8. The van der Waals surface area contributed by atoms with Gasteiger partial charge in [-0.25, -0.2) is 4.79 Å². The molecule has 4 aromatic carbocycles. The van der Waals surface area contributed by atoms with E-state index in [-0.39, 0.29) is 20.9 Å². The van der Waals surface area contributed by atoms with Crippen LogP contribution in [0, 0.1) is 0 Å². The lowest BCUT2D eigenvalue weighted by Crippen LogP contribution is -2.49. The Balaban J connectivity index is 2.16. The second-order valence-corrected chi connectivity index (χ2v) is 12.8. The number of hydrogen-bond acceptors (Lipinski definition) is 4. The fourth-order valence-electron chi connectivity index (χ4n) is 4.21. The summed E-state index contributed by atoms with van der Waals surface area (Å²) >= 11 is 18.1. The van der Waals surface area contributed by atoms with E-state index in [9.17, 15) is 14.4 Å². The standard InChI is InChI=1S/C29H22Cl2N3O3PS/c30-19-16-17-23(24(31)18-19)26(35)33-28(25(39)27(36)34-29(32)37)38(20-10-4-1-5-11-20,21-12-6-2-7-13-21)22-14-8-3-9-15-22/h1-18H,(H,33,35)(H3,32,34,36,37). The van der Waals surface area contributed by atoms with Crippen molar-refractivity contribution >= 4 is 86.3 Å². The van der Waals surface area contributed by atoms with Crippen LogP contribution < -0.4 is 32.3 Å². The average Bonchev–Trinajstić information content (AvgIpc) is 2.94. The third-order valence-corrected chi connectivity index (χ3v) is 11.1. The molecule has 10 heteroatoms. The second-order valence-electron chi connectivity index (χ2n) is 8.25. The number of nitrogens with one attached hydrogen (secondary N) is 2. The molecule has 0 aromatic heterocycles. The molecule has 6 nitrogen and oxygen atoms in total. The van der Waals surface area contributed by atoms with E-state index >= 15 is 0 Å². The smallest absolute Gasteiger partial charge is 0.319 e. The van der Waals surface area contributed by atoms with E-state index in [4.69, 9.17) is 41.2 Å². The van der Waals surface area contributed by atoms with Crippen molar-refractivity contribution < 1.29 is 14.4 Å². The summed E-state index contributed by atoms with van der Waals surface area (Å²) in [6, 6.07) is 31.8. The Kier molecular flexibility index (Phi) is 9.00. The highest BCUT2D eigenvalue weighted by Gasteiger charge is 2.35. The molecule has 0 aliphatic carbocycles. The molecule has 4 aromatic rings. The van der Waals surface area contributed by atoms with Crippen molar-refractivity contribution in [2.75, 3.05) is 0 Å². The first-order chi connectivity index (χ1) is 18.7. The molecule has 4 amide bonds. The minimum absolute atomic E-state index is 0.120. The topological polar surface area (TPSA) is 101 Å². The summed E-state index contributed by atoms with van der Waals surface area (Å²) in [5, 5.41) is 7.89. The van der Waals surface area contributed by atoms with E-state index in [2.05, 4.69) is 5.32 Å². The first-order valence-electron chi connectivity index (χ1n) is 11.6. The van der Waals surface area contributed by atoms with Gasteiger partial charge in [-0.3, -0.25) is 14.9 Å². The number of hydrogen-bond donors (Lipinski definition) is 3. The Morgan fingerprint density at radius 2 is 1.15 bits per heavy atom. The SMILES string of the molecule is NC(=O)NC(=O)C(=S)C(NC(=O)c1ccc(Cl)cc1Cl)=P(c1ccccc1)(c1ccccc1)c1ccccc1. The van der Waals surface area contributed by atoms with Gasteiger partial charge >= 0.3 is 6.03 Å². The summed E-state index contributed by atoms with van der Waals surface area (Å²) < 4.78 is 0. The molecule has 0 fully saturated rings. The van der Waals surface area contributed by atoms with Crippen LogP contribution in [0.1, 0.15) is 10.4 Å². The highest BCUT2D eigenvalue weighted by molar-refractivity contribution is 7.99. The molecule has 0 bridgehead atoms. The molecule has 4 N–H and O–H groups in total. The zero-order valence-corrected chi connectivity index (χ0v) is 23.5. The van der Waals surface area contributed by atoms with Crippen molar-refractivity contribution in [1.82, 2.24) is 10.6 Å². The molecule has 0 saturated heterocycles. The summed E-state index contributed by atoms with van der Waals surface area (Å²) in [5.41, 5.74) is 5.53. The predicted molar refractivity (Wildman–Crippen MR) is 164 cm³/mol. The van der Waals surface area contributed by atoms with Gasteiger partial charge in [-0.05, 0) is 34.1 Å². The Bertz CT molecular complexity index is 1510. The predicted octanol–water partition coefficient (Wildman–Crippen LogP) is 4.41. The third-order valence-electron chi connectivity index (χ3n) is 5.83. The monoisotopic (exact) mass is 593 g/mol. The van der Waals surface area contributed by atoms with Gasteiger partial charge in [0.25, 0.3) is 11.8 Å². The number of nitrogens with two attached hydrogens (primary N) is 1. The van der Waals surface area contributed by atoms with E-state index in [1.54, 1.807) is 0 Å². The number of carbonyl (C=O) groups is 3. The van der Waals surface area contributed by atoms with Crippen LogP contribution in [-0.2, 0) is 4.79 Å². The molecule has 0 radical (unpaired) electrons. The van der Waals surface area contributed by atoms with Gasteiger partial charge in [-0.2, -0.15) is 0 Å². The van der Waals surface area contributed by atoms with Crippen LogP contribution in [0.15, 0.2) is 109 Å². The average molecular weight is 594 g/mol. The zero-order chi connectivity index (χ0) is 28.0. The fraction of sp³-hybridized carbons (Fsp3) is 0. The van der Waals surface area contributed by atoms with Crippen molar-refractivity contribution in [1.29, 1.82) is 0 Å². The number of rotatable bonds is 7. The summed E-state index contributed by atoms with van der Waals surface area (Å²) in [5.74, 6) is -1.52. The van der Waals surface area contributed by atoms with Crippen LogP contribution in [-0.4, -0.2) is 28.1 Å². The summed E-state index contributed by atoms with van der Waals surface area (Å²) in [6.45, 7) is -3.05. The lowest BCUT2D eigenvalue weighted by molar-refractivity contribution is -0.113. The van der Waals surface area contributed by atoms with Crippen molar-refractivity contribution in [2.45, 2.75) is 0 Å². The van der Waals surface area contributed by atoms with Crippen LogP contribution in [0.25, 0.3) is 0 Å². The fourth-order valence-corrected chi connectivity index (χ4v) is 9.42. The number of amides is 4. The molecule has 4 rings (SSSR count). The van der Waals surface area contributed by atoms with Crippen LogP contribution in [0.2, 0.25) is 10.0 Å². The zero-order valence-electron chi connectivity index (χ0n) is 20.3. The van der Waals surface area contributed by atoms with Gasteiger partial charge in [0.2, 0.25) is 0 Å². The van der Waals surface area contributed by atoms with E-state index < -0.39 is 24.7 Å². The summed E-state index contributed by atoms with van der Waals surface area (Å²) in [4.78, 5) is 38.3. The summed E-state index contributed by atoms with van der Waals surface area (Å²) in [6.07, 6.45) is 0. The molecule has 196 valence electrons. The van der Waals surface area contributed by atoms with Gasteiger partial charge in [0.1, 0.15) is 4.86 Å². The number of carbonyl (C=O) groups excluding carboxylic acids is 3. The van der Waals surface area contributed by atoms with Crippen molar-refractivity contribution in [3.63, 3.8) is 0 Å². The Morgan fingerprint density at radius 3 is 1.56 bits per heavy atom. The third kappa shape index (κ3) is 5.97. The first kappa shape index (κ1) is 28.3. The van der Waals surface area contributed by atoms with Crippen molar-refractivity contribution in [3.05, 3.63) is 125 Å². The first-order valence-corrected chi connectivity index (χ1v) is 14.6. The van der Waals surface area contributed by atoms with E-state index in [0.29, 0.717) is 5.02 Å². The number of imide groups is 1. The van der Waals surface area contributed by atoms with E-state index in [0.717, 1.165) is 15.9 Å². The number of thiocarbonyl (C=S) groups is 1. The molecule has 0 spiro atoms. The molecule has 0 aliphatic heterocycles. The van der Waals surface area contributed by atoms with Crippen LogP contribution in [0.3, 0.4) is 0 Å². The molecule has 0 unspecified atom stereocenters. The van der Waals surface area contributed by atoms with Crippen LogP contribution in [0.5, 0.6) is 0 Å². The molecular formula is C29H22Cl2N3O3PS. The van der Waals surface area contributed by atoms with Crippen LogP contribution >= 0.6 is 42.3 Å². The Morgan fingerprint density at radius 1 is 0.692 bits per heavy atom. The van der Waals surface area contributed by atoms with Crippen LogP contribution in [0.4, 0.5) is 4.79 Å². The van der Waals surface area contributed by atoms with Gasteiger partial charge in [-0.1, -0.05) is 126 Å². The Hall–Kier alpha value is -3.74. The van der Waals surface area contributed by atoms with Gasteiger partial charge in [0.05, 0.1) is 16.0 Å². The molecular weight excluding hydrogens is 572 g/mol. The lowest BCUT2D eigenvalue weighted by Gasteiger charge is -2.33. The van der Waals surface area contributed by atoms with Gasteiger partial charge in [0.15, 0.2) is 0 Å². The van der Waals surface area contributed by atoms with Gasteiger partial charge < -0.3 is 11.1 Å². The number of primary amides is 1. The quantitative estimate of drug-likeness (QED) is 0.218. The Labute approximate surface area is 241 Å². The molecule has 0 saturated carbocycles. The highest BCUT2D eigenvalue weighted by atomic mass is 35.5. The summed E-state index contributed by atoms with van der Waals surface area (Å²) in [7, 11) is 0. The highest BCUT2D eigenvalue weighted by Crippen LogP contribution is 2.46. The van der Waals surface area contributed by atoms with E-state index in [1.165, 1.54) is 18.2 Å². The van der Waals surface area contributed by atoms with Crippen molar-refractivity contribution in [3.8, 4) is 0 Å². The van der Waals surface area contributed by atoms with Gasteiger partial charge in [-0.15, -0.1) is 0 Å². The lowest BCUT2D eigenvalue weighted by atomic mass is 10.2. The number of urea groups is 1. The maximum atomic E-state index is 13.8. The van der Waals surface area contributed by atoms with E-state index in [1.807, 2.05) is 96.3 Å². The molecule has 39 heavy (non-hydrogen) atoms. The number of benzene rings is 4.